The van der Waals surface area contributed by atoms with Gasteiger partial charge in [-0.25, -0.2) is 4.98 Å². The highest BCUT2D eigenvalue weighted by molar-refractivity contribution is 5.97. The minimum absolute atomic E-state index is 0.0629. The maximum atomic E-state index is 13.4. The summed E-state index contributed by atoms with van der Waals surface area (Å²) in [7, 11) is 5.81. The molecule has 0 amide bonds. The molecule has 3 aromatic carbocycles. The molecule has 35 heavy (non-hydrogen) atoms. The molecule has 0 bridgehead atoms. The van der Waals surface area contributed by atoms with E-state index in [0.29, 0.717) is 18.7 Å². The summed E-state index contributed by atoms with van der Waals surface area (Å²) in [5.74, 6) is 0.865. The summed E-state index contributed by atoms with van der Waals surface area (Å²) in [5, 5.41) is 3.54. The molecule has 1 aliphatic heterocycles. The van der Waals surface area contributed by atoms with Gasteiger partial charge in [0.25, 0.3) is 0 Å². The first-order valence-electron chi connectivity index (χ1n) is 11.8. The number of rotatable bonds is 6. The van der Waals surface area contributed by atoms with Crippen LogP contribution in [0.5, 0.6) is 5.75 Å². The highest BCUT2D eigenvalue weighted by Crippen LogP contribution is 2.30. The van der Waals surface area contributed by atoms with Crippen molar-refractivity contribution in [3.63, 3.8) is 0 Å². The molecular formula is C29H30N4O2. The molecule has 4 aromatic rings. The van der Waals surface area contributed by atoms with Crippen LogP contribution in [0.1, 0.15) is 39.8 Å². The van der Waals surface area contributed by atoms with Gasteiger partial charge in [-0.3, -0.25) is 9.36 Å². The summed E-state index contributed by atoms with van der Waals surface area (Å²) in [5.41, 5.74) is 7.15. The van der Waals surface area contributed by atoms with Crippen molar-refractivity contribution < 1.29 is 9.53 Å². The van der Waals surface area contributed by atoms with Crippen molar-refractivity contribution in [3.05, 3.63) is 102 Å². The zero-order valence-electron chi connectivity index (χ0n) is 20.4. The van der Waals surface area contributed by atoms with Crippen molar-refractivity contribution in [2.75, 3.05) is 21.2 Å². The molecule has 6 heteroatoms. The van der Waals surface area contributed by atoms with E-state index < -0.39 is 0 Å². The number of methoxy groups -OCH3 is 1. The summed E-state index contributed by atoms with van der Waals surface area (Å²) < 4.78 is 7.14. The second-order valence-corrected chi connectivity index (χ2v) is 9.19. The molecule has 5 rings (SSSR count). The zero-order chi connectivity index (χ0) is 24.4. The van der Waals surface area contributed by atoms with Crippen LogP contribution in [0, 0.1) is 0 Å². The van der Waals surface area contributed by atoms with Crippen LogP contribution in [-0.4, -0.2) is 41.4 Å². The minimum atomic E-state index is -0.0629. The number of ether oxygens (including phenoxy) is 1. The Morgan fingerprint density at radius 1 is 1.03 bits per heavy atom. The second kappa shape index (κ2) is 9.86. The molecule has 178 valence electrons. The standard InChI is InChI=1S/C29H30N4O2/c1-32(2)18-22-6-4-5-7-25(22)20-8-10-21(11-9-20)26-16-28(34)29-27(17-30-26)31-19-33(29)23-12-14-24(35-3)15-13-23/h4-15,19,26,30H,16-18H2,1-3H3. The second-order valence-electron chi connectivity index (χ2n) is 9.19. The Morgan fingerprint density at radius 2 is 1.77 bits per heavy atom. The van der Waals surface area contributed by atoms with Crippen molar-refractivity contribution in [1.82, 2.24) is 19.8 Å². The van der Waals surface area contributed by atoms with Crippen LogP contribution >= 0.6 is 0 Å². The maximum Gasteiger partial charge on any atom is 0.183 e. The number of carbonyl (C=O) groups excluding carboxylic acids is 1. The summed E-state index contributed by atoms with van der Waals surface area (Å²) >= 11 is 0. The van der Waals surface area contributed by atoms with Crippen LogP contribution in [0.25, 0.3) is 16.8 Å². The number of Topliss-reactive ketones (excluding diaryl/α,β-unsaturated/α-hetero) is 1. The van der Waals surface area contributed by atoms with Gasteiger partial charge < -0.3 is 15.0 Å². The molecule has 2 heterocycles. The number of benzene rings is 3. The Balaban J connectivity index is 1.37. The monoisotopic (exact) mass is 466 g/mol. The summed E-state index contributed by atoms with van der Waals surface area (Å²) in [6.45, 7) is 1.43. The third kappa shape index (κ3) is 4.76. The molecule has 1 aliphatic rings. The van der Waals surface area contributed by atoms with E-state index in [1.165, 1.54) is 16.7 Å². The van der Waals surface area contributed by atoms with Crippen molar-refractivity contribution in [2.45, 2.75) is 25.6 Å². The first kappa shape index (κ1) is 23.0. The van der Waals surface area contributed by atoms with E-state index in [2.05, 4.69) is 77.8 Å². The first-order valence-corrected chi connectivity index (χ1v) is 11.8. The Morgan fingerprint density at radius 3 is 2.49 bits per heavy atom. The summed E-state index contributed by atoms with van der Waals surface area (Å²) in [6.07, 6.45) is 2.11. The van der Waals surface area contributed by atoms with Gasteiger partial charge in [-0.15, -0.1) is 0 Å². The number of nitrogens with one attached hydrogen (secondary N) is 1. The number of aromatic nitrogens is 2. The fraction of sp³-hybridized carbons (Fsp3) is 0.241. The van der Waals surface area contributed by atoms with Gasteiger partial charge in [0.2, 0.25) is 0 Å². The Labute approximate surface area is 206 Å². The van der Waals surface area contributed by atoms with Crippen molar-refractivity contribution in [3.8, 4) is 22.6 Å². The number of ketones is 1. The Hall–Kier alpha value is -3.74. The number of nitrogens with zero attached hydrogens (tertiary/aromatic N) is 3. The lowest BCUT2D eigenvalue weighted by Gasteiger charge is -2.17. The largest absolute Gasteiger partial charge is 0.497 e. The van der Waals surface area contributed by atoms with Gasteiger partial charge in [0, 0.05) is 31.2 Å². The summed E-state index contributed by atoms with van der Waals surface area (Å²) in [6, 6.07) is 24.7. The molecule has 1 aromatic heterocycles. The highest BCUT2D eigenvalue weighted by atomic mass is 16.5. The topological polar surface area (TPSA) is 59.4 Å². The first-order chi connectivity index (χ1) is 17.0. The number of carbonyl (C=O) groups is 1. The Bertz CT molecular complexity index is 1320. The highest BCUT2D eigenvalue weighted by Gasteiger charge is 2.27. The lowest BCUT2D eigenvalue weighted by Crippen LogP contribution is -2.20. The summed E-state index contributed by atoms with van der Waals surface area (Å²) in [4.78, 5) is 20.1. The third-order valence-corrected chi connectivity index (χ3v) is 6.49. The van der Waals surface area contributed by atoms with Gasteiger partial charge in [-0.1, -0.05) is 48.5 Å². The van der Waals surface area contributed by atoms with Gasteiger partial charge in [0.1, 0.15) is 17.8 Å². The van der Waals surface area contributed by atoms with E-state index >= 15 is 0 Å². The van der Waals surface area contributed by atoms with Gasteiger partial charge in [-0.05, 0) is 60.6 Å². The molecule has 0 saturated heterocycles. The van der Waals surface area contributed by atoms with Crippen LogP contribution in [0.15, 0.2) is 79.1 Å². The molecule has 1 atom stereocenters. The molecule has 0 fully saturated rings. The van der Waals surface area contributed by atoms with Crippen LogP contribution in [0.4, 0.5) is 0 Å². The quantitative estimate of drug-likeness (QED) is 0.432. The van der Waals surface area contributed by atoms with E-state index in [1.807, 2.05) is 28.8 Å². The minimum Gasteiger partial charge on any atom is -0.497 e. The molecule has 1 unspecified atom stereocenters. The normalized spacial score (nSPS) is 15.7. The number of hydrogen-bond acceptors (Lipinski definition) is 5. The van der Waals surface area contributed by atoms with Gasteiger partial charge in [0.05, 0.1) is 12.8 Å². The van der Waals surface area contributed by atoms with Gasteiger partial charge in [0.15, 0.2) is 5.78 Å². The van der Waals surface area contributed by atoms with E-state index in [-0.39, 0.29) is 11.8 Å². The number of imidazole rings is 1. The van der Waals surface area contributed by atoms with Gasteiger partial charge >= 0.3 is 0 Å². The molecule has 0 radical (unpaired) electrons. The van der Waals surface area contributed by atoms with Crippen molar-refractivity contribution >= 4 is 5.78 Å². The van der Waals surface area contributed by atoms with Crippen LogP contribution in [-0.2, 0) is 13.1 Å². The van der Waals surface area contributed by atoms with E-state index in [4.69, 9.17) is 4.74 Å². The Kier molecular flexibility index (Phi) is 6.49. The van der Waals surface area contributed by atoms with Crippen LogP contribution in [0.2, 0.25) is 0 Å². The predicted molar refractivity (Wildman–Crippen MR) is 138 cm³/mol. The SMILES string of the molecule is COc1ccc(-n2cnc3c2C(=O)CC(c2ccc(-c4ccccc4CN(C)C)cc2)NC3)cc1. The van der Waals surface area contributed by atoms with Crippen molar-refractivity contribution in [1.29, 1.82) is 0 Å². The molecular weight excluding hydrogens is 436 g/mol. The smallest absolute Gasteiger partial charge is 0.183 e. The van der Waals surface area contributed by atoms with Crippen LogP contribution < -0.4 is 10.1 Å². The third-order valence-electron chi connectivity index (χ3n) is 6.49. The van der Waals surface area contributed by atoms with E-state index in [0.717, 1.165) is 29.2 Å². The fourth-order valence-corrected chi connectivity index (χ4v) is 4.73. The molecule has 0 aliphatic carbocycles. The van der Waals surface area contributed by atoms with E-state index in [9.17, 15) is 4.79 Å². The fourth-order valence-electron chi connectivity index (χ4n) is 4.73. The van der Waals surface area contributed by atoms with Crippen molar-refractivity contribution in [2.24, 2.45) is 0 Å². The molecule has 0 saturated carbocycles. The zero-order valence-corrected chi connectivity index (χ0v) is 20.4. The lowest BCUT2D eigenvalue weighted by atomic mass is 9.95. The molecule has 6 nitrogen and oxygen atoms in total. The van der Waals surface area contributed by atoms with Gasteiger partial charge in [-0.2, -0.15) is 0 Å². The molecule has 1 N–H and O–H groups in total. The predicted octanol–water partition coefficient (Wildman–Crippen LogP) is 5.03. The van der Waals surface area contributed by atoms with Crippen LogP contribution in [0.3, 0.4) is 0 Å². The van der Waals surface area contributed by atoms with E-state index in [1.54, 1.807) is 13.4 Å². The molecule has 0 spiro atoms. The lowest BCUT2D eigenvalue weighted by molar-refractivity contribution is 0.0966. The maximum absolute atomic E-state index is 13.4. The number of fused-ring (bicyclic) bond motifs is 1. The average molecular weight is 467 g/mol. The average Bonchev–Trinajstić information content (AvgIpc) is 3.23. The number of hydrogen-bond donors (Lipinski definition) is 1.